The highest BCUT2D eigenvalue weighted by Gasteiger charge is 2.24. The van der Waals surface area contributed by atoms with Crippen LogP contribution in [0.4, 0.5) is 9.18 Å². The Morgan fingerprint density at radius 2 is 1.82 bits per heavy atom. The maximum atomic E-state index is 13.2. The zero-order valence-corrected chi connectivity index (χ0v) is 16.3. The van der Waals surface area contributed by atoms with Crippen LogP contribution in [0.1, 0.15) is 11.3 Å². The van der Waals surface area contributed by atoms with Gasteiger partial charge in [-0.05, 0) is 29.8 Å². The molecular weight excluding hydrogens is 402 g/mol. The molecule has 0 atom stereocenters. The van der Waals surface area contributed by atoms with Gasteiger partial charge in [0.05, 0.1) is 25.0 Å². The van der Waals surface area contributed by atoms with Crippen molar-refractivity contribution in [1.29, 1.82) is 0 Å². The molecule has 28 heavy (non-hydrogen) atoms. The molecule has 5 nitrogen and oxygen atoms in total. The Hall–Kier alpha value is -2.57. The van der Waals surface area contributed by atoms with Gasteiger partial charge in [0.25, 0.3) is 0 Å². The summed E-state index contributed by atoms with van der Waals surface area (Å²) in [7, 11) is 0. The van der Waals surface area contributed by atoms with Gasteiger partial charge in [0, 0.05) is 34.3 Å². The summed E-state index contributed by atoms with van der Waals surface area (Å²) in [5.41, 5.74) is 3.37. The Bertz CT molecular complexity index is 999. The molecule has 1 aliphatic rings. The topological polar surface area (TPSA) is 50.2 Å². The molecule has 144 valence electrons. The van der Waals surface area contributed by atoms with Crippen molar-refractivity contribution in [2.75, 3.05) is 6.54 Å². The van der Waals surface area contributed by atoms with E-state index in [0.717, 1.165) is 16.8 Å². The van der Waals surface area contributed by atoms with Gasteiger partial charge < -0.3 is 10.2 Å². The number of aromatic nitrogens is 2. The molecule has 2 aromatic carbocycles. The van der Waals surface area contributed by atoms with Gasteiger partial charge in [0.2, 0.25) is 0 Å². The molecular formula is C20H17Cl2FN4O. The van der Waals surface area contributed by atoms with Crippen LogP contribution in [0.15, 0.2) is 48.7 Å². The SMILES string of the molecule is O=C(NCc1c(Cl)cccc1Cl)N1CCn2ncc(-c3ccc(F)cc3)c2C1. The van der Waals surface area contributed by atoms with E-state index in [0.29, 0.717) is 35.2 Å². The molecule has 8 heteroatoms. The standard InChI is InChI=1S/C20H17Cl2FN4O/c21-17-2-1-3-18(22)16(17)10-24-20(28)26-8-9-27-19(12-26)15(11-25-27)13-4-6-14(23)7-5-13/h1-7,11H,8-10,12H2,(H,24,28). The van der Waals surface area contributed by atoms with Crippen molar-refractivity contribution in [3.05, 3.63) is 75.8 Å². The number of hydrogen-bond donors (Lipinski definition) is 1. The van der Waals surface area contributed by atoms with Crippen LogP contribution in [0.2, 0.25) is 10.0 Å². The molecule has 0 aliphatic carbocycles. The minimum Gasteiger partial charge on any atom is -0.334 e. The van der Waals surface area contributed by atoms with Crippen LogP contribution in [0.25, 0.3) is 11.1 Å². The average molecular weight is 419 g/mol. The zero-order valence-electron chi connectivity index (χ0n) is 14.8. The number of rotatable bonds is 3. The number of hydrogen-bond acceptors (Lipinski definition) is 2. The molecule has 0 fully saturated rings. The van der Waals surface area contributed by atoms with Crippen LogP contribution in [0, 0.1) is 5.82 Å². The molecule has 4 rings (SSSR count). The second-order valence-electron chi connectivity index (χ2n) is 6.52. The number of benzene rings is 2. The maximum absolute atomic E-state index is 13.2. The molecule has 2 amide bonds. The summed E-state index contributed by atoms with van der Waals surface area (Å²) in [6, 6.07) is 11.3. The van der Waals surface area contributed by atoms with Gasteiger partial charge in [-0.15, -0.1) is 0 Å². The fourth-order valence-electron chi connectivity index (χ4n) is 3.27. The molecule has 3 aromatic rings. The fraction of sp³-hybridized carbons (Fsp3) is 0.200. The summed E-state index contributed by atoms with van der Waals surface area (Å²) in [4.78, 5) is 14.4. The first-order chi connectivity index (χ1) is 13.5. The minimum atomic E-state index is -0.288. The Balaban J connectivity index is 1.48. The van der Waals surface area contributed by atoms with Gasteiger partial charge >= 0.3 is 6.03 Å². The summed E-state index contributed by atoms with van der Waals surface area (Å²) < 4.78 is 15.1. The minimum absolute atomic E-state index is 0.200. The van der Waals surface area contributed by atoms with Gasteiger partial charge in [-0.1, -0.05) is 41.4 Å². The number of amides is 2. The predicted octanol–water partition coefficient (Wildman–Crippen LogP) is 4.72. The van der Waals surface area contributed by atoms with Crippen molar-refractivity contribution in [2.45, 2.75) is 19.6 Å². The smallest absolute Gasteiger partial charge is 0.318 e. The molecule has 1 aliphatic heterocycles. The normalized spacial score (nSPS) is 13.3. The molecule has 0 bridgehead atoms. The molecule has 0 saturated heterocycles. The Morgan fingerprint density at radius 1 is 1.11 bits per heavy atom. The third kappa shape index (κ3) is 3.70. The number of carbonyl (C=O) groups is 1. The molecule has 0 radical (unpaired) electrons. The largest absolute Gasteiger partial charge is 0.334 e. The van der Waals surface area contributed by atoms with Crippen molar-refractivity contribution in [3.63, 3.8) is 0 Å². The van der Waals surface area contributed by atoms with E-state index in [9.17, 15) is 9.18 Å². The van der Waals surface area contributed by atoms with E-state index in [1.165, 1.54) is 12.1 Å². The van der Waals surface area contributed by atoms with Gasteiger partial charge in [-0.2, -0.15) is 5.10 Å². The van der Waals surface area contributed by atoms with Crippen LogP contribution in [0.5, 0.6) is 0 Å². The molecule has 1 N–H and O–H groups in total. The number of carbonyl (C=O) groups excluding carboxylic acids is 1. The third-order valence-electron chi connectivity index (χ3n) is 4.79. The highest BCUT2D eigenvalue weighted by molar-refractivity contribution is 6.36. The van der Waals surface area contributed by atoms with Crippen molar-refractivity contribution in [3.8, 4) is 11.1 Å². The van der Waals surface area contributed by atoms with E-state index < -0.39 is 0 Å². The zero-order chi connectivity index (χ0) is 19.7. The molecule has 0 spiro atoms. The second-order valence-corrected chi connectivity index (χ2v) is 7.33. The number of fused-ring (bicyclic) bond motifs is 1. The summed E-state index contributed by atoms with van der Waals surface area (Å²) in [6.07, 6.45) is 1.76. The van der Waals surface area contributed by atoms with Crippen molar-refractivity contribution in [2.24, 2.45) is 0 Å². The lowest BCUT2D eigenvalue weighted by Gasteiger charge is -2.28. The van der Waals surface area contributed by atoms with Crippen LogP contribution < -0.4 is 5.32 Å². The Morgan fingerprint density at radius 3 is 2.54 bits per heavy atom. The number of urea groups is 1. The van der Waals surface area contributed by atoms with Crippen molar-refractivity contribution in [1.82, 2.24) is 20.0 Å². The summed E-state index contributed by atoms with van der Waals surface area (Å²) in [6.45, 7) is 1.79. The molecule has 0 saturated carbocycles. The Labute approximate surface area is 171 Å². The van der Waals surface area contributed by atoms with Crippen LogP contribution in [0.3, 0.4) is 0 Å². The third-order valence-corrected chi connectivity index (χ3v) is 5.50. The Kier molecular flexibility index (Phi) is 5.24. The monoisotopic (exact) mass is 418 g/mol. The first kappa shape index (κ1) is 18.8. The second kappa shape index (κ2) is 7.81. The molecule has 0 unspecified atom stereocenters. The van der Waals surface area contributed by atoms with Crippen LogP contribution in [-0.4, -0.2) is 27.3 Å². The molecule has 1 aromatic heterocycles. The van der Waals surface area contributed by atoms with E-state index in [4.69, 9.17) is 23.2 Å². The van der Waals surface area contributed by atoms with E-state index in [-0.39, 0.29) is 18.4 Å². The maximum Gasteiger partial charge on any atom is 0.318 e. The predicted molar refractivity (Wildman–Crippen MR) is 107 cm³/mol. The number of nitrogens with one attached hydrogen (secondary N) is 1. The lowest BCUT2D eigenvalue weighted by Crippen LogP contribution is -2.44. The number of halogens is 3. The number of nitrogens with zero attached hydrogens (tertiary/aromatic N) is 3. The fourth-order valence-corrected chi connectivity index (χ4v) is 3.80. The average Bonchev–Trinajstić information content (AvgIpc) is 3.11. The molecule has 2 heterocycles. The lowest BCUT2D eigenvalue weighted by molar-refractivity contribution is 0.181. The van der Waals surface area contributed by atoms with E-state index >= 15 is 0 Å². The first-order valence-electron chi connectivity index (χ1n) is 8.79. The first-order valence-corrected chi connectivity index (χ1v) is 9.55. The van der Waals surface area contributed by atoms with E-state index in [2.05, 4.69) is 10.4 Å². The van der Waals surface area contributed by atoms with Gasteiger partial charge in [0.15, 0.2) is 0 Å². The van der Waals surface area contributed by atoms with Gasteiger partial charge in [0.1, 0.15) is 5.82 Å². The summed E-state index contributed by atoms with van der Waals surface area (Å²) in [5.74, 6) is -0.288. The van der Waals surface area contributed by atoms with Crippen molar-refractivity contribution < 1.29 is 9.18 Å². The summed E-state index contributed by atoms with van der Waals surface area (Å²) >= 11 is 12.3. The van der Waals surface area contributed by atoms with E-state index in [1.54, 1.807) is 41.4 Å². The van der Waals surface area contributed by atoms with Crippen LogP contribution in [-0.2, 0) is 19.6 Å². The highest BCUT2D eigenvalue weighted by Crippen LogP contribution is 2.27. The van der Waals surface area contributed by atoms with Gasteiger partial charge in [-0.3, -0.25) is 4.68 Å². The quantitative estimate of drug-likeness (QED) is 0.668. The lowest BCUT2D eigenvalue weighted by atomic mass is 10.1. The van der Waals surface area contributed by atoms with Crippen LogP contribution >= 0.6 is 23.2 Å². The highest BCUT2D eigenvalue weighted by atomic mass is 35.5. The van der Waals surface area contributed by atoms with Gasteiger partial charge in [-0.25, -0.2) is 9.18 Å². The summed E-state index contributed by atoms with van der Waals surface area (Å²) in [5, 5.41) is 8.31. The van der Waals surface area contributed by atoms with Crippen molar-refractivity contribution >= 4 is 29.2 Å². The van der Waals surface area contributed by atoms with E-state index in [1.807, 2.05) is 4.68 Å².